The summed E-state index contributed by atoms with van der Waals surface area (Å²) in [5.41, 5.74) is -3.84. The number of benzene rings is 1. The van der Waals surface area contributed by atoms with Crippen molar-refractivity contribution in [3.8, 4) is 17.0 Å². The molecule has 0 bridgehead atoms. The van der Waals surface area contributed by atoms with Gasteiger partial charge in [0.1, 0.15) is 17.7 Å². The maximum Gasteiger partial charge on any atom is 0.417 e. The first kappa shape index (κ1) is 14.0. The number of hydrogen-bond donors (Lipinski definition) is 2. The van der Waals surface area contributed by atoms with Crippen molar-refractivity contribution in [1.29, 1.82) is 0 Å². The van der Waals surface area contributed by atoms with E-state index in [1.54, 1.807) is 0 Å². The van der Waals surface area contributed by atoms with Crippen LogP contribution in [0.1, 0.15) is 5.56 Å². The van der Waals surface area contributed by atoms with Crippen molar-refractivity contribution in [3.63, 3.8) is 0 Å². The molecule has 114 valence electrons. The number of nitrogens with one attached hydrogen (secondary N) is 1. The highest BCUT2D eigenvalue weighted by atomic mass is 19.4. The third-order valence-electron chi connectivity index (χ3n) is 2.98. The van der Waals surface area contributed by atoms with Gasteiger partial charge in [-0.15, -0.1) is 0 Å². The molecule has 6 nitrogen and oxygen atoms in total. The lowest BCUT2D eigenvalue weighted by molar-refractivity contribution is -0.137. The van der Waals surface area contributed by atoms with Crippen LogP contribution in [0.2, 0.25) is 0 Å². The summed E-state index contributed by atoms with van der Waals surface area (Å²) in [6.07, 6.45) is -3.84. The number of fused-ring (bicyclic) bond motifs is 1. The molecule has 0 atom stereocenters. The number of hydrogen-bond acceptors (Lipinski definition) is 4. The van der Waals surface area contributed by atoms with Crippen LogP contribution in [0.4, 0.5) is 17.6 Å². The molecule has 0 fully saturated rings. The highest BCUT2D eigenvalue weighted by Crippen LogP contribution is 2.38. The highest BCUT2D eigenvalue weighted by molar-refractivity contribution is 5.72. The van der Waals surface area contributed by atoms with Gasteiger partial charge in [0, 0.05) is 5.56 Å². The van der Waals surface area contributed by atoms with Gasteiger partial charge in [0.05, 0.1) is 5.56 Å². The number of halogens is 4. The lowest BCUT2D eigenvalue weighted by atomic mass is 10.0. The van der Waals surface area contributed by atoms with Gasteiger partial charge in [0.2, 0.25) is 11.7 Å². The van der Waals surface area contributed by atoms with Gasteiger partial charge in [-0.05, 0) is 18.2 Å². The Kier molecular flexibility index (Phi) is 2.90. The van der Waals surface area contributed by atoms with Crippen LogP contribution in [0.5, 0.6) is 5.88 Å². The fraction of sp³-hybridized carbons (Fsp3) is 0.0833. The van der Waals surface area contributed by atoms with E-state index < -0.39 is 40.1 Å². The van der Waals surface area contributed by atoms with Crippen LogP contribution >= 0.6 is 0 Å². The van der Waals surface area contributed by atoms with E-state index in [1.165, 1.54) is 0 Å². The van der Waals surface area contributed by atoms with E-state index in [0.717, 1.165) is 10.8 Å². The first-order chi connectivity index (χ1) is 10.3. The van der Waals surface area contributed by atoms with E-state index >= 15 is 0 Å². The Bertz CT molecular complexity index is 929. The van der Waals surface area contributed by atoms with Crippen LogP contribution in [0.3, 0.4) is 0 Å². The lowest BCUT2D eigenvalue weighted by Gasteiger charge is -2.13. The summed E-state index contributed by atoms with van der Waals surface area (Å²) in [6.45, 7) is 0. The number of rotatable bonds is 1. The number of aromatic amines is 1. The molecular formula is C12H6F4N4O2. The van der Waals surface area contributed by atoms with Gasteiger partial charge >= 0.3 is 6.18 Å². The number of aromatic nitrogens is 4. The standard InChI is InChI=1S/C12H6F4N4O2/c13-5-1-2-7(12(14,15)16)6(3-5)8-9(21)19-11-17-4-18-20(11)10(8)22/h1-4,22H,(H,17,18,19,21). The minimum atomic E-state index is -4.83. The van der Waals surface area contributed by atoms with Gasteiger partial charge in [-0.1, -0.05) is 0 Å². The Hall–Kier alpha value is -2.91. The van der Waals surface area contributed by atoms with Crippen molar-refractivity contribution in [2.24, 2.45) is 0 Å². The van der Waals surface area contributed by atoms with Crippen LogP contribution in [-0.2, 0) is 6.18 Å². The van der Waals surface area contributed by atoms with Crippen molar-refractivity contribution >= 4 is 5.78 Å². The van der Waals surface area contributed by atoms with E-state index in [2.05, 4.69) is 15.1 Å². The monoisotopic (exact) mass is 314 g/mol. The number of alkyl halides is 3. The highest BCUT2D eigenvalue weighted by Gasteiger charge is 2.35. The summed E-state index contributed by atoms with van der Waals surface area (Å²) in [6, 6.07) is 1.64. The summed E-state index contributed by atoms with van der Waals surface area (Å²) >= 11 is 0. The molecule has 0 aliphatic rings. The minimum Gasteiger partial charge on any atom is -0.493 e. The SMILES string of the molecule is O=c1[nH]c2ncnn2c(O)c1-c1cc(F)ccc1C(F)(F)F. The first-order valence-electron chi connectivity index (χ1n) is 5.81. The second kappa shape index (κ2) is 4.55. The lowest BCUT2D eigenvalue weighted by Crippen LogP contribution is -2.16. The molecule has 2 aromatic heterocycles. The molecule has 0 aliphatic carbocycles. The third kappa shape index (κ3) is 2.08. The van der Waals surface area contributed by atoms with Crippen LogP contribution in [0.25, 0.3) is 16.9 Å². The van der Waals surface area contributed by atoms with Crippen LogP contribution in [0.15, 0.2) is 29.3 Å². The van der Waals surface area contributed by atoms with E-state index in [9.17, 15) is 27.5 Å². The normalized spacial score (nSPS) is 12.0. The molecule has 0 amide bonds. The predicted molar refractivity (Wildman–Crippen MR) is 65.7 cm³/mol. The van der Waals surface area contributed by atoms with Crippen molar-refractivity contribution < 1.29 is 22.7 Å². The number of aromatic hydroxyl groups is 1. The molecule has 0 saturated carbocycles. The molecule has 3 aromatic rings. The predicted octanol–water partition coefficient (Wildman–Crippen LogP) is 1.95. The second-order valence-corrected chi connectivity index (χ2v) is 4.34. The van der Waals surface area contributed by atoms with E-state index in [4.69, 9.17) is 0 Å². The molecule has 22 heavy (non-hydrogen) atoms. The topological polar surface area (TPSA) is 83.3 Å². The summed E-state index contributed by atoms with van der Waals surface area (Å²) in [7, 11) is 0. The number of nitrogens with zero attached hydrogens (tertiary/aromatic N) is 3. The fourth-order valence-electron chi connectivity index (χ4n) is 2.07. The van der Waals surface area contributed by atoms with Crippen LogP contribution in [-0.4, -0.2) is 24.7 Å². The molecule has 0 unspecified atom stereocenters. The maximum absolute atomic E-state index is 13.3. The summed E-state index contributed by atoms with van der Waals surface area (Å²) in [5, 5.41) is 13.6. The van der Waals surface area contributed by atoms with Gasteiger partial charge in [0.15, 0.2) is 0 Å². The van der Waals surface area contributed by atoms with Gasteiger partial charge < -0.3 is 5.11 Å². The molecule has 0 saturated heterocycles. The Morgan fingerprint density at radius 2 is 2.00 bits per heavy atom. The zero-order valence-corrected chi connectivity index (χ0v) is 10.5. The Labute approximate surface area is 118 Å². The molecule has 10 heteroatoms. The minimum absolute atomic E-state index is 0.156. The Balaban J connectivity index is 2.42. The molecule has 0 radical (unpaired) electrons. The maximum atomic E-state index is 13.3. The van der Waals surface area contributed by atoms with Gasteiger partial charge in [-0.25, -0.2) is 4.39 Å². The summed E-state index contributed by atoms with van der Waals surface area (Å²) in [5.74, 6) is -2.01. The molecular weight excluding hydrogens is 308 g/mol. The summed E-state index contributed by atoms with van der Waals surface area (Å²) < 4.78 is 53.2. The average molecular weight is 314 g/mol. The molecule has 2 N–H and O–H groups in total. The van der Waals surface area contributed by atoms with Gasteiger partial charge in [-0.2, -0.15) is 27.8 Å². The third-order valence-corrected chi connectivity index (χ3v) is 2.98. The number of H-pyrrole nitrogens is 1. The zero-order valence-electron chi connectivity index (χ0n) is 10.5. The Morgan fingerprint density at radius 3 is 2.68 bits per heavy atom. The fourth-order valence-corrected chi connectivity index (χ4v) is 2.07. The van der Waals surface area contributed by atoms with Crippen LogP contribution < -0.4 is 5.56 Å². The second-order valence-electron chi connectivity index (χ2n) is 4.34. The molecule has 1 aromatic carbocycles. The van der Waals surface area contributed by atoms with Gasteiger partial charge in [0.25, 0.3) is 5.56 Å². The smallest absolute Gasteiger partial charge is 0.417 e. The molecule has 0 aliphatic heterocycles. The molecule has 3 rings (SSSR count). The van der Waals surface area contributed by atoms with Crippen LogP contribution in [0, 0.1) is 5.82 Å². The average Bonchev–Trinajstić information content (AvgIpc) is 2.85. The van der Waals surface area contributed by atoms with Crippen molar-refractivity contribution in [1.82, 2.24) is 19.6 Å². The van der Waals surface area contributed by atoms with Crippen molar-refractivity contribution in [2.75, 3.05) is 0 Å². The van der Waals surface area contributed by atoms with E-state index in [0.29, 0.717) is 18.2 Å². The first-order valence-corrected chi connectivity index (χ1v) is 5.81. The van der Waals surface area contributed by atoms with Crippen molar-refractivity contribution in [3.05, 3.63) is 46.3 Å². The zero-order chi connectivity index (χ0) is 16.1. The Morgan fingerprint density at radius 1 is 1.27 bits per heavy atom. The quantitative estimate of drug-likeness (QED) is 0.673. The summed E-state index contributed by atoms with van der Waals surface area (Å²) in [4.78, 5) is 17.7. The van der Waals surface area contributed by atoms with E-state index in [1.807, 2.05) is 0 Å². The van der Waals surface area contributed by atoms with Gasteiger partial charge in [-0.3, -0.25) is 9.78 Å². The van der Waals surface area contributed by atoms with Crippen molar-refractivity contribution in [2.45, 2.75) is 6.18 Å². The van der Waals surface area contributed by atoms with E-state index in [-0.39, 0.29) is 5.78 Å². The largest absolute Gasteiger partial charge is 0.493 e. The molecule has 0 spiro atoms. The molecule has 2 heterocycles.